The van der Waals surface area contributed by atoms with Crippen LogP contribution in [-0.2, 0) is 13.0 Å². The fraction of sp³-hybridized carbons (Fsp3) is 0.174. The number of carbonyl (C=O) groups is 1. The molecule has 3 rings (SSSR count). The molecule has 0 saturated carbocycles. The first-order valence-corrected chi connectivity index (χ1v) is 9.32. The molecule has 5 heteroatoms. The molecule has 0 bridgehead atoms. The van der Waals surface area contributed by atoms with Crippen molar-refractivity contribution in [2.75, 3.05) is 5.32 Å². The molecule has 0 spiro atoms. The summed E-state index contributed by atoms with van der Waals surface area (Å²) in [6, 6.07) is 19.4. The summed E-state index contributed by atoms with van der Waals surface area (Å²) in [5, 5.41) is 6.16. The number of aromatic nitrogens is 1. The second kappa shape index (κ2) is 9.46. The summed E-state index contributed by atoms with van der Waals surface area (Å²) in [6.07, 6.45) is 4.40. The zero-order valence-corrected chi connectivity index (χ0v) is 16.1. The van der Waals surface area contributed by atoms with Crippen molar-refractivity contribution in [2.24, 2.45) is 4.99 Å². The van der Waals surface area contributed by atoms with E-state index in [0.717, 1.165) is 23.2 Å². The number of anilines is 1. The van der Waals surface area contributed by atoms with E-state index >= 15 is 0 Å². The largest absolute Gasteiger partial charge is 0.326 e. The van der Waals surface area contributed by atoms with Gasteiger partial charge in [-0.3, -0.25) is 15.1 Å². The van der Waals surface area contributed by atoms with Crippen molar-refractivity contribution in [1.82, 2.24) is 10.3 Å². The van der Waals surface area contributed by atoms with Crippen LogP contribution in [0.5, 0.6) is 0 Å². The van der Waals surface area contributed by atoms with Crippen LogP contribution in [0.25, 0.3) is 0 Å². The van der Waals surface area contributed by atoms with Gasteiger partial charge in [-0.05, 0) is 60.4 Å². The second-order valence-electron chi connectivity index (χ2n) is 6.47. The summed E-state index contributed by atoms with van der Waals surface area (Å²) in [5.41, 5.74) is 4.66. The van der Waals surface area contributed by atoms with E-state index in [9.17, 15) is 4.79 Å². The Hall–Kier alpha value is -3.47. The van der Waals surface area contributed by atoms with Gasteiger partial charge in [0.05, 0.1) is 6.54 Å². The summed E-state index contributed by atoms with van der Waals surface area (Å²) in [7, 11) is 0. The molecular weight excluding hydrogens is 348 g/mol. The maximum atomic E-state index is 12.8. The molecule has 1 aromatic heterocycles. The topological polar surface area (TPSA) is 66.4 Å². The molecule has 0 aliphatic heterocycles. The van der Waals surface area contributed by atoms with Crippen LogP contribution in [0.15, 0.2) is 78.0 Å². The number of benzene rings is 2. The number of carbonyl (C=O) groups excluding carboxylic acids is 1. The lowest BCUT2D eigenvalue weighted by Crippen LogP contribution is -2.36. The number of nitrogens with one attached hydrogen (secondary N) is 2. The monoisotopic (exact) mass is 372 g/mol. The highest BCUT2D eigenvalue weighted by atomic mass is 16.1. The Labute approximate surface area is 165 Å². The van der Waals surface area contributed by atoms with Crippen molar-refractivity contribution in [2.45, 2.75) is 26.8 Å². The Kier molecular flexibility index (Phi) is 6.52. The van der Waals surface area contributed by atoms with E-state index in [-0.39, 0.29) is 5.91 Å². The molecule has 1 amide bonds. The van der Waals surface area contributed by atoms with Gasteiger partial charge in [-0.2, -0.15) is 0 Å². The van der Waals surface area contributed by atoms with Crippen LogP contribution in [0.1, 0.15) is 34.0 Å². The van der Waals surface area contributed by atoms with E-state index in [4.69, 9.17) is 0 Å². The van der Waals surface area contributed by atoms with Crippen molar-refractivity contribution in [3.05, 3.63) is 95.3 Å². The molecular formula is C23H24N4O. The van der Waals surface area contributed by atoms with E-state index in [1.807, 2.05) is 55.5 Å². The third kappa shape index (κ3) is 5.27. The van der Waals surface area contributed by atoms with E-state index in [1.165, 1.54) is 5.56 Å². The molecule has 5 nitrogen and oxygen atoms in total. The highest BCUT2D eigenvalue weighted by molar-refractivity contribution is 6.10. The van der Waals surface area contributed by atoms with Crippen LogP contribution in [0.2, 0.25) is 0 Å². The van der Waals surface area contributed by atoms with E-state index in [2.05, 4.69) is 39.7 Å². The Morgan fingerprint density at radius 2 is 1.79 bits per heavy atom. The first-order valence-electron chi connectivity index (χ1n) is 9.32. The van der Waals surface area contributed by atoms with Gasteiger partial charge in [-0.25, -0.2) is 4.99 Å². The number of hydrogen-bond donors (Lipinski definition) is 2. The number of nitrogens with zero attached hydrogens (tertiary/aromatic N) is 2. The Morgan fingerprint density at radius 1 is 1.00 bits per heavy atom. The van der Waals surface area contributed by atoms with Crippen molar-refractivity contribution in [1.29, 1.82) is 0 Å². The fourth-order valence-corrected chi connectivity index (χ4v) is 2.78. The molecule has 1 heterocycles. The van der Waals surface area contributed by atoms with Crippen LogP contribution in [0, 0.1) is 6.92 Å². The van der Waals surface area contributed by atoms with Gasteiger partial charge in [0.25, 0.3) is 5.91 Å². The third-order valence-electron chi connectivity index (χ3n) is 4.39. The Balaban J connectivity index is 1.83. The molecule has 0 aliphatic carbocycles. The first-order chi connectivity index (χ1) is 13.7. The van der Waals surface area contributed by atoms with E-state index < -0.39 is 0 Å². The molecule has 2 N–H and O–H groups in total. The molecule has 2 aromatic carbocycles. The molecule has 0 fully saturated rings. The van der Waals surface area contributed by atoms with Gasteiger partial charge in [0.1, 0.15) is 0 Å². The SMILES string of the molecule is CCc1cccc(NC(=NCc2ccncc2)NC(=O)c2ccccc2C)c1. The summed E-state index contributed by atoms with van der Waals surface area (Å²) in [6.45, 7) is 4.46. The number of amides is 1. The molecule has 0 saturated heterocycles. The molecule has 28 heavy (non-hydrogen) atoms. The maximum absolute atomic E-state index is 12.8. The third-order valence-corrected chi connectivity index (χ3v) is 4.39. The predicted octanol–water partition coefficient (Wildman–Crippen LogP) is 4.35. The number of pyridine rings is 1. The number of guanidine groups is 1. The predicted molar refractivity (Wildman–Crippen MR) is 113 cm³/mol. The average Bonchev–Trinajstić information content (AvgIpc) is 2.73. The summed E-state index contributed by atoms with van der Waals surface area (Å²) < 4.78 is 0. The smallest absolute Gasteiger partial charge is 0.258 e. The Bertz CT molecular complexity index is 967. The molecule has 0 radical (unpaired) electrons. The van der Waals surface area contributed by atoms with Gasteiger partial charge in [0, 0.05) is 23.6 Å². The minimum Gasteiger partial charge on any atom is -0.326 e. The van der Waals surface area contributed by atoms with Crippen LogP contribution < -0.4 is 10.6 Å². The van der Waals surface area contributed by atoms with Gasteiger partial charge < -0.3 is 5.32 Å². The molecule has 3 aromatic rings. The summed E-state index contributed by atoms with van der Waals surface area (Å²) >= 11 is 0. The average molecular weight is 372 g/mol. The number of hydrogen-bond acceptors (Lipinski definition) is 3. The highest BCUT2D eigenvalue weighted by Gasteiger charge is 2.11. The van der Waals surface area contributed by atoms with Gasteiger partial charge in [-0.15, -0.1) is 0 Å². The van der Waals surface area contributed by atoms with Crippen molar-refractivity contribution in [3.63, 3.8) is 0 Å². The lowest BCUT2D eigenvalue weighted by molar-refractivity contribution is 0.0976. The van der Waals surface area contributed by atoms with Gasteiger partial charge in [0.15, 0.2) is 0 Å². The second-order valence-corrected chi connectivity index (χ2v) is 6.47. The van der Waals surface area contributed by atoms with Crippen LogP contribution in [0.3, 0.4) is 0 Å². The van der Waals surface area contributed by atoms with Crippen LogP contribution in [-0.4, -0.2) is 16.9 Å². The Morgan fingerprint density at radius 3 is 2.54 bits per heavy atom. The molecule has 0 atom stereocenters. The summed E-state index contributed by atoms with van der Waals surface area (Å²) in [4.78, 5) is 21.4. The van der Waals surface area contributed by atoms with Crippen molar-refractivity contribution < 1.29 is 4.79 Å². The zero-order chi connectivity index (χ0) is 19.8. The van der Waals surface area contributed by atoms with Crippen LogP contribution >= 0.6 is 0 Å². The molecule has 0 aliphatic rings. The zero-order valence-electron chi connectivity index (χ0n) is 16.1. The maximum Gasteiger partial charge on any atom is 0.258 e. The minimum absolute atomic E-state index is 0.189. The van der Waals surface area contributed by atoms with Crippen LogP contribution in [0.4, 0.5) is 5.69 Å². The number of rotatable bonds is 5. The van der Waals surface area contributed by atoms with Gasteiger partial charge >= 0.3 is 0 Å². The van der Waals surface area contributed by atoms with E-state index in [0.29, 0.717) is 18.1 Å². The van der Waals surface area contributed by atoms with Gasteiger partial charge in [0.2, 0.25) is 5.96 Å². The van der Waals surface area contributed by atoms with E-state index in [1.54, 1.807) is 12.4 Å². The molecule has 0 unspecified atom stereocenters. The fourth-order valence-electron chi connectivity index (χ4n) is 2.78. The lowest BCUT2D eigenvalue weighted by atomic mass is 10.1. The number of aryl methyl sites for hydroxylation is 2. The van der Waals surface area contributed by atoms with Gasteiger partial charge in [-0.1, -0.05) is 37.3 Å². The lowest BCUT2D eigenvalue weighted by Gasteiger charge is -2.13. The normalized spacial score (nSPS) is 11.1. The minimum atomic E-state index is -0.189. The van der Waals surface area contributed by atoms with Crippen molar-refractivity contribution in [3.8, 4) is 0 Å². The first kappa shape index (κ1) is 19.3. The standard InChI is InChI=1S/C23H24N4O/c1-3-18-8-6-9-20(15-18)26-23(25-16-19-11-13-24-14-12-19)27-22(28)21-10-5-4-7-17(21)2/h4-15H,3,16H2,1-2H3,(H2,25,26,27,28). The summed E-state index contributed by atoms with van der Waals surface area (Å²) in [5.74, 6) is 0.226. The van der Waals surface area contributed by atoms with Crippen molar-refractivity contribution >= 4 is 17.6 Å². The quantitative estimate of drug-likeness (QED) is 0.517. The molecule has 142 valence electrons. The number of aliphatic imine (C=N–C) groups is 1. The highest BCUT2D eigenvalue weighted by Crippen LogP contribution is 2.12.